The van der Waals surface area contributed by atoms with Crippen LogP contribution < -0.4 is 20.2 Å². The van der Waals surface area contributed by atoms with Crippen LogP contribution in [0.3, 0.4) is 0 Å². The Kier molecular flexibility index (Phi) is 37.2. The average molecular weight is 931 g/mol. The highest BCUT2D eigenvalue weighted by molar-refractivity contribution is 8.28. The summed E-state index contributed by atoms with van der Waals surface area (Å²) < 4.78 is 30.3. The second-order valence-corrected chi connectivity index (χ2v) is 17.8. The summed E-state index contributed by atoms with van der Waals surface area (Å²) in [6.07, 6.45) is 24.9. The van der Waals surface area contributed by atoms with Gasteiger partial charge in [-0.25, -0.2) is 0 Å². The predicted molar refractivity (Wildman–Crippen MR) is 256 cm³/mol. The fraction of sp³-hybridized carbons (Fsp3) is 0.224. The molecule has 6 unspecified atom stereocenters. The van der Waals surface area contributed by atoms with E-state index in [9.17, 15) is 34.1 Å². The standard InChI is InChI=1S/C42H28O9P2.C10H2.C6H2/c1-4-6-8-10-12-14-16-18-20-21-23-25-27-30-38-32-29-33-39(31-28-26-24-22-19-17-15-13-11-9-7-5-2)36-41(40(35-34-38)37(3)42(43)44)52(46,51-50-45)53(47,48)49;1-3-5-7-9-10-8-6-4-2;1-3-5-6-4-2/h2,37-41,45H,29,32-36H2,1,3H3,(H,43,44)(H2,47,48,49);1-2H;1-2H/p-4. The third kappa shape index (κ3) is 32.4. The van der Waals surface area contributed by atoms with Crippen LogP contribution in [-0.2, 0) is 23.6 Å². The molecule has 69 heavy (non-hydrogen) atoms. The molecule has 0 aliphatic heterocycles. The third-order valence-corrected chi connectivity index (χ3v) is 13.1. The number of hydrogen-bond donors (Lipinski definition) is 0. The Bertz CT molecular complexity index is 3330. The lowest BCUT2D eigenvalue weighted by Crippen LogP contribution is -2.41. The largest absolute Gasteiger partial charge is 0.804 e. The SMILES string of the molecule is C#CC#CC#C.C#CC#CC#CC#CC#C.C#CC#CC#CC#CC#CC#CC#CC1CCCC(C#CC#CC#CC#CC#CC#CC#CC)CCC(C(C)C(=O)[O-])C(P(=O)(OO[O-])P(=O)([O-])[O-])C1. The van der Waals surface area contributed by atoms with Gasteiger partial charge in [-0.2, -0.15) is 4.67 Å². The highest BCUT2D eigenvalue weighted by atomic mass is 32.1. The van der Waals surface area contributed by atoms with E-state index in [1.165, 1.54) is 6.92 Å². The molecule has 1 saturated carbocycles. The van der Waals surface area contributed by atoms with Gasteiger partial charge in [0.15, 0.2) is 0 Å². The Morgan fingerprint density at radius 3 is 1.16 bits per heavy atom. The monoisotopic (exact) mass is 930 g/mol. The second kappa shape index (κ2) is 42.0. The number of carboxylic acids is 1. The number of carbonyl (C=O) groups is 1. The molecule has 0 bridgehead atoms. The maximum Gasteiger partial charge on any atom is 0.263 e. The fourth-order valence-electron chi connectivity index (χ4n) is 4.89. The van der Waals surface area contributed by atoms with Crippen LogP contribution in [0.2, 0.25) is 0 Å². The molecule has 0 radical (unpaired) electrons. The first-order valence-electron chi connectivity index (χ1n) is 18.9. The van der Waals surface area contributed by atoms with Crippen molar-refractivity contribution in [2.45, 2.75) is 58.0 Å². The average Bonchev–Trinajstić information content (AvgIpc) is 3.32. The smallest absolute Gasteiger partial charge is 0.263 e. The van der Waals surface area contributed by atoms with Crippen LogP contribution in [0.5, 0.6) is 0 Å². The molecule has 328 valence electrons. The molecule has 11 heteroatoms. The minimum Gasteiger partial charge on any atom is -0.804 e. The van der Waals surface area contributed by atoms with Crippen molar-refractivity contribution in [2.75, 3.05) is 0 Å². The van der Waals surface area contributed by atoms with Crippen molar-refractivity contribution in [2.24, 2.45) is 23.7 Å². The molecular formula is C58H28O9P2-4. The van der Waals surface area contributed by atoms with Gasteiger partial charge >= 0.3 is 0 Å². The molecule has 0 N–H and O–H groups in total. The molecule has 0 spiro atoms. The lowest BCUT2D eigenvalue weighted by Gasteiger charge is -2.46. The molecule has 0 saturated heterocycles. The van der Waals surface area contributed by atoms with Gasteiger partial charge in [0.1, 0.15) is 0 Å². The zero-order valence-electron chi connectivity index (χ0n) is 36.6. The number of carboxylic acid groups (broad SMARTS) is 1. The van der Waals surface area contributed by atoms with E-state index in [1.807, 2.05) is 0 Å². The first kappa shape index (κ1) is 61.1. The summed E-state index contributed by atoms with van der Waals surface area (Å²) >= 11 is 0. The van der Waals surface area contributed by atoms with Gasteiger partial charge in [-0.15, -0.1) is 32.1 Å². The van der Waals surface area contributed by atoms with Crippen molar-refractivity contribution in [3.05, 3.63) is 0 Å². The van der Waals surface area contributed by atoms with E-state index in [-0.39, 0.29) is 19.3 Å². The normalized spacial score (nSPS) is 14.5. The maximum atomic E-state index is 13.7. The maximum absolute atomic E-state index is 13.7. The minimum atomic E-state index is -6.21. The van der Waals surface area contributed by atoms with E-state index in [0.29, 0.717) is 12.8 Å². The van der Waals surface area contributed by atoms with Crippen molar-refractivity contribution in [1.82, 2.24) is 0 Å². The van der Waals surface area contributed by atoms with Crippen LogP contribution in [0.15, 0.2) is 0 Å². The third-order valence-electron chi connectivity index (χ3n) is 7.61. The van der Waals surface area contributed by atoms with E-state index in [2.05, 4.69) is 241 Å². The van der Waals surface area contributed by atoms with Crippen molar-refractivity contribution >= 4 is 20.3 Å². The van der Waals surface area contributed by atoms with Gasteiger partial charge in [0, 0.05) is 30.7 Å². The highest BCUT2D eigenvalue weighted by Crippen LogP contribution is 2.78. The predicted octanol–water partition coefficient (Wildman–Crippen LogP) is 0.491. The first-order valence-corrected chi connectivity index (χ1v) is 22.8. The minimum absolute atomic E-state index is 0.0952. The molecule has 0 heterocycles. The summed E-state index contributed by atoms with van der Waals surface area (Å²) in [6.45, 7) is 2.86. The zero-order chi connectivity index (χ0) is 51.7. The molecule has 1 rings (SSSR count). The van der Waals surface area contributed by atoms with E-state index in [0.717, 1.165) is 0 Å². The Morgan fingerprint density at radius 2 is 0.826 bits per heavy atom. The quantitative estimate of drug-likeness (QED) is 0.160. The van der Waals surface area contributed by atoms with Crippen LogP contribution in [0.1, 0.15) is 52.4 Å². The van der Waals surface area contributed by atoms with E-state index in [4.69, 9.17) is 32.1 Å². The van der Waals surface area contributed by atoms with Crippen LogP contribution in [0.25, 0.3) is 0 Å². The van der Waals surface area contributed by atoms with Gasteiger partial charge < -0.3 is 29.5 Å². The van der Waals surface area contributed by atoms with Gasteiger partial charge in [0.05, 0.1) is 0 Å². The Hall–Kier alpha value is -9.95. The number of rotatable bonds is 6. The van der Waals surface area contributed by atoms with Crippen molar-refractivity contribution < 1.29 is 43.8 Å². The Morgan fingerprint density at radius 1 is 0.507 bits per heavy atom. The topological polar surface area (TPSA) is 162 Å². The van der Waals surface area contributed by atoms with Crippen LogP contribution >= 0.6 is 14.3 Å². The molecule has 1 aliphatic carbocycles. The molecule has 0 amide bonds. The second-order valence-electron chi connectivity index (χ2n) is 11.8. The van der Waals surface area contributed by atoms with Crippen LogP contribution in [-0.4, -0.2) is 11.6 Å². The molecule has 1 fully saturated rings. The van der Waals surface area contributed by atoms with E-state index < -0.39 is 56.1 Å². The zero-order valence-corrected chi connectivity index (χ0v) is 38.4. The summed E-state index contributed by atoms with van der Waals surface area (Å²) in [5.74, 6) is 88.9. The highest BCUT2D eigenvalue weighted by Gasteiger charge is 2.46. The summed E-state index contributed by atoms with van der Waals surface area (Å²) in [4.78, 5) is 36.8. The Balaban J connectivity index is 0. The van der Waals surface area contributed by atoms with Gasteiger partial charge in [0.2, 0.25) is 0 Å². The number of hydrogen-bond acceptors (Lipinski definition) is 9. The Labute approximate surface area is 407 Å². The summed E-state index contributed by atoms with van der Waals surface area (Å²) in [5.41, 5.74) is -1.80. The summed E-state index contributed by atoms with van der Waals surface area (Å²) in [5, 5.41) is 26.3. The lowest BCUT2D eigenvalue weighted by atomic mass is 9.78. The van der Waals surface area contributed by atoms with Gasteiger partial charge in [0.25, 0.3) is 7.06 Å². The van der Waals surface area contributed by atoms with Gasteiger partial charge in [-0.05, 0) is 264 Å². The number of carbonyl (C=O) groups excluding carboxylic acids is 1. The summed E-state index contributed by atoms with van der Waals surface area (Å²) in [6, 6.07) is 0. The molecule has 0 aromatic carbocycles. The molecule has 6 atom stereocenters. The molecule has 0 aromatic heterocycles. The first-order chi connectivity index (χ1) is 33.3. The fourth-order valence-corrected chi connectivity index (χ4v) is 9.16. The van der Waals surface area contributed by atoms with Gasteiger partial charge in [-0.3, -0.25) is 9.60 Å². The van der Waals surface area contributed by atoms with Crippen molar-refractivity contribution in [1.29, 1.82) is 0 Å². The van der Waals surface area contributed by atoms with E-state index >= 15 is 0 Å². The van der Waals surface area contributed by atoms with Gasteiger partial charge in [-0.1, -0.05) is 31.1 Å². The van der Waals surface area contributed by atoms with Crippen molar-refractivity contribution in [3.63, 3.8) is 0 Å². The molecule has 0 aromatic rings. The van der Waals surface area contributed by atoms with E-state index in [1.54, 1.807) is 6.92 Å². The molecular weight excluding hydrogens is 903 g/mol. The number of aliphatic carboxylic acids is 1. The van der Waals surface area contributed by atoms with Crippen LogP contribution in [0, 0.1) is 287 Å². The van der Waals surface area contributed by atoms with Crippen molar-refractivity contribution in [3.8, 4) is 263 Å². The molecule has 1 aliphatic rings. The lowest BCUT2D eigenvalue weighted by molar-refractivity contribution is -0.779. The number of terminal acetylenes is 5. The molecule has 9 nitrogen and oxygen atoms in total. The van der Waals surface area contributed by atoms with Crippen LogP contribution in [0.4, 0.5) is 0 Å². The summed E-state index contributed by atoms with van der Waals surface area (Å²) in [7, 11) is -11.8.